The lowest BCUT2D eigenvalue weighted by atomic mass is 10.0. The van der Waals surface area contributed by atoms with E-state index in [0.717, 1.165) is 22.0 Å². The molecule has 0 bridgehead atoms. The summed E-state index contributed by atoms with van der Waals surface area (Å²) < 4.78 is 11.2. The minimum atomic E-state index is -0.808. The van der Waals surface area contributed by atoms with Crippen molar-refractivity contribution in [1.29, 1.82) is 0 Å². The fraction of sp³-hybridized carbons (Fsp3) is 0.562. The van der Waals surface area contributed by atoms with Gasteiger partial charge in [0.15, 0.2) is 11.5 Å². The number of benzene rings is 1. The number of thioether (sulfide) groups is 1. The third-order valence-corrected chi connectivity index (χ3v) is 4.31. The number of carbonyl (C=O) groups is 1. The monoisotopic (exact) mass is 325 g/mol. The molecule has 1 aliphatic rings. The Morgan fingerprint density at radius 2 is 1.95 bits per heavy atom. The predicted octanol–water partition coefficient (Wildman–Crippen LogP) is 2.77. The third kappa shape index (κ3) is 4.30. The molecule has 22 heavy (non-hydrogen) atoms. The van der Waals surface area contributed by atoms with Gasteiger partial charge in [-0.1, -0.05) is 13.8 Å². The number of carboxylic acids is 1. The average molecular weight is 325 g/mol. The van der Waals surface area contributed by atoms with Crippen molar-refractivity contribution in [1.82, 2.24) is 5.32 Å². The molecule has 0 aromatic heterocycles. The maximum Gasteiger partial charge on any atom is 0.320 e. The number of nitrogens with one attached hydrogen (secondary N) is 1. The van der Waals surface area contributed by atoms with E-state index >= 15 is 0 Å². The third-order valence-electron chi connectivity index (χ3n) is 3.49. The highest BCUT2D eigenvalue weighted by atomic mass is 32.2. The van der Waals surface area contributed by atoms with Crippen LogP contribution in [0, 0.1) is 5.92 Å². The first-order valence-electron chi connectivity index (χ1n) is 7.44. The summed E-state index contributed by atoms with van der Waals surface area (Å²) in [5, 5.41) is 12.4. The molecule has 1 heterocycles. The molecule has 0 amide bonds. The molecule has 1 aromatic carbocycles. The zero-order chi connectivity index (χ0) is 16.1. The number of aliphatic carboxylic acids is 1. The summed E-state index contributed by atoms with van der Waals surface area (Å²) in [5.41, 5.74) is 1.03. The fourth-order valence-electron chi connectivity index (χ4n) is 2.42. The highest BCUT2D eigenvalue weighted by Crippen LogP contribution is 2.36. The van der Waals surface area contributed by atoms with Crippen LogP contribution >= 0.6 is 11.8 Å². The van der Waals surface area contributed by atoms with Gasteiger partial charge in [-0.3, -0.25) is 4.79 Å². The van der Waals surface area contributed by atoms with E-state index in [1.54, 1.807) is 11.8 Å². The Bertz CT molecular complexity index is 533. The topological polar surface area (TPSA) is 67.8 Å². The molecular weight excluding hydrogens is 302 g/mol. The lowest BCUT2D eigenvalue weighted by Gasteiger charge is -2.22. The molecule has 1 atom stereocenters. The second-order valence-corrected chi connectivity index (χ2v) is 6.56. The van der Waals surface area contributed by atoms with Gasteiger partial charge in [-0.15, -0.1) is 11.8 Å². The van der Waals surface area contributed by atoms with Gasteiger partial charge in [0.2, 0.25) is 0 Å². The van der Waals surface area contributed by atoms with Gasteiger partial charge < -0.3 is 19.9 Å². The number of hydrogen-bond acceptors (Lipinski definition) is 5. The summed E-state index contributed by atoms with van der Waals surface area (Å²) in [6, 6.07) is 3.37. The molecule has 122 valence electrons. The van der Waals surface area contributed by atoms with Crippen molar-refractivity contribution >= 4 is 17.7 Å². The van der Waals surface area contributed by atoms with Crippen molar-refractivity contribution < 1.29 is 19.4 Å². The van der Waals surface area contributed by atoms with Crippen LogP contribution in [0.4, 0.5) is 0 Å². The highest BCUT2D eigenvalue weighted by Gasteiger charge is 2.20. The summed E-state index contributed by atoms with van der Waals surface area (Å²) in [7, 11) is 0. The summed E-state index contributed by atoms with van der Waals surface area (Å²) in [5.74, 6) is 1.01. The smallest absolute Gasteiger partial charge is 0.320 e. The molecule has 0 unspecified atom stereocenters. The minimum Gasteiger partial charge on any atom is -0.486 e. The van der Waals surface area contributed by atoms with Gasteiger partial charge in [-0.2, -0.15) is 0 Å². The van der Waals surface area contributed by atoms with Gasteiger partial charge in [0, 0.05) is 11.4 Å². The summed E-state index contributed by atoms with van der Waals surface area (Å²) in [6.07, 6.45) is 2.60. The van der Waals surface area contributed by atoms with Crippen molar-refractivity contribution in [2.75, 3.05) is 19.5 Å². The number of ether oxygens (including phenoxy) is 2. The van der Waals surface area contributed by atoms with Gasteiger partial charge >= 0.3 is 5.97 Å². The standard InChI is InChI=1S/C16H23NO4S/c1-10(2)6-12(16(18)19)17-9-11-7-13-14(8-15(11)22-3)21-5-4-20-13/h7-8,10,12,17H,4-6,9H2,1-3H3,(H,18,19)/t12-/m1/s1. The molecule has 0 fully saturated rings. The quantitative estimate of drug-likeness (QED) is 0.752. The van der Waals surface area contributed by atoms with E-state index in [-0.39, 0.29) is 0 Å². The molecule has 6 heteroatoms. The van der Waals surface area contributed by atoms with Crippen molar-refractivity contribution in [2.45, 2.75) is 37.8 Å². The predicted molar refractivity (Wildman–Crippen MR) is 86.9 cm³/mol. The van der Waals surface area contributed by atoms with Crippen LogP contribution in [0.1, 0.15) is 25.8 Å². The lowest BCUT2D eigenvalue weighted by Crippen LogP contribution is -2.37. The van der Waals surface area contributed by atoms with E-state index in [0.29, 0.717) is 32.1 Å². The minimum absolute atomic E-state index is 0.328. The van der Waals surface area contributed by atoms with E-state index in [1.165, 1.54) is 0 Å². The zero-order valence-corrected chi connectivity index (χ0v) is 14.0. The molecule has 2 rings (SSSR count). The molecule has 0 saturated heterocycles. The first-order valence-corrected chi connectivity index (χ1v) is 8.66. The Balaban J connectivity index is 2.12. The van der Waals surface area contributed by atoms with Crippen LogP contribution in [-0.4, -0.2) is 36.6 Å². The normalized spacial score (nSPS) is 14.9. The van der Waals surface area contributed by atoms with Crippen LogP contribution in [0.3, 0.4) is 0 Å². The number of hydrogen-bond donors (Lipinski definition) is 2. The molecule has 5 nitrogen and oxygen atoms in total. The van der Waals surface area contributed by atoms with Crippen LogP contribution in [0.2, 0.25) is 0 Å². The first kappa shape index (κ1) is 17.0. The molecule has 1 aliphatic heterocycles. The summed E-state index contributed by atoms with van der Waals surface area (Å²) >= 11 is 1.62. The van der Waals surface area contributed by atoms with Gasteiger partial charge in [0.05, 0.1) is 0 Å². The zero-order valence-electron chi connectivity index (χ0n) is 13.2. The number of fused-ring (bicyclic) bond motifs is 1. The van der Waals surface area contributed by atoms with Crippen molar-refractivity contribution in [3.8, 4) is 11.5 Å². The average Bonchev–Trinajstić information content (AvgIpc) is 2.49. The Morgan fingerprint density at radius 1 is 1.32 bits per heavy atom. The Morgan fingerprint density at radius 3 is 2.50 bits per heavy atom. The van der Waals surface area contributed by atoms with Crippen LogP contribution in [0.15, 0.2) is 17.0 Å². The van der Waals surface area contributed by atoms with E-state index in [4.69, 9.17) is 9.47 Å². The van der Waals surface area contributed by atoms with Crippen molar-refractivity contribution in [3.63, 3.8) is 0 Å². The molecule has 0 saturated carbocycles. The second kappa shape index (κ2) is 7.74. The highest BCUT2D eigenvalue weighted by molar-refractivity contribution is 7.98. The maximum absolute atomic E-state index is 11.3. The van der Waals surface area contributed by atoms with Gasteiger partial charge in [0.25, 0.3) is 0 Å². The second-order valence-electron chi connectivity index (χ2n) is 5.71. The largest absolute Gasteiger partial charge is 0.486 e. The van der Waals surface area contributed by atoms with Crippen molar-refractivity contribution in [3.05, 3.63) is 17.7 Å². The summed E-state index contributed by atoms with van der Waals surface area (Å²) in [4.78, 5) is 12.4. The van der Waals surface area contributed by atoms with E-state index in [1.807, 2.05) is 32.2 Å². The Hall–Kier alpha value is -1.40. The molecular formula is C16H23NO4S. The van der Waals surface area contributed by atoms with Gasteiger partial charge in [-0.05, 0) is 36.3 Å². The fourth-order valence-corrected chi connectivity index (χ4v) is 3.03. The number of carboxylic acid groups (broad SMARTS) is 1. The van der Waals surface area contributed by atoms with Crippen LogP contribution in [0.5, 0.6) is 11.5 Å². The van der Waals surface area contributed by atoms with Crippen LogP contribution in [-0.2, 0) is 11.3 Å². The van der Waals surface area contributed by atoms with E-state index < -0.39 is 12.0 Å². The molecule has 2 N–H and O–H groups in total. The molecule has 1 aromatic rings. The Kier molecular flexibility index (Phi) is 5.97. The van der Waals surface area contributed by atoms with Gasteiger partial charge in [-0.25, -0.2) is 0 Å². The van der Waals surface area contributed by atoms with Crippen LogP contribution < -0.4 is 14.8 Å². The summed E-state index contributed by atoms with van der Waals surface area (Å²) in [6.45, 7) is 5.65. The first-order chi connectivity index (χ1) is 10.5. The van der Waals surface area contributed by atoms with Crippen LogP contribution in [0.25, 0.3) is 0 Å². The van der Waals surface area contributed by atoms with Crippen molar-refractivity contribution in [2.24, 2.45) is 5.92 Å². The Labute approximate surface area is 135 Å². The lowest BCUT2D eigenvalue weighted by molar-refractivity contribution is -0.140. The maximum atomic E-state index is 11.3. The SMILES string of the molecule is CSc1cc2c(cc1CN[C@H](CC(C)C)C(=O)O)OCCO2. The van der Waals surface area contributed by atoms with E-state index in [9.17, 15) is 9.90 Å². The molecule has 0 aliphatic carbocycles. The van der Waals surface area contributed by atoms with Gasteiger partial charge in [0.1, 0.15) is 19.3 Å². The molecule has 0 radical (unpaired) electrons. The number of rotatable bonds is 7. The van der Waals surface area contributed by atoms with E-state index in [2.05, 4.69) is 5.32 Å². The molecule has 0 spiro atoms.